The maximum absolute atomic E-state index is 13.8. The molecule has 4 aromatic rings. The van der Waals surface area contributed by atoms with Crippen LogP contribution in [0.1, 0.15) is 71.8 Å². The first-order valence-corrected chi connectivity index (χ1v) is 12.8. The maximum Gasteiger partial charge on any atom is 0.308 e. The van der Waals surface area contributed by atoms with Crippen molar-refractivity contribution in [3.8, 4) is 17.3 Å². The number of aryl methyl sites for hydroxylation is 1. The smallest absolute Gasteiger partial charge is 0.308 e. The van der Waals surface area contributed by atoms with Crippen LogP contribution in [0, 0.1) is 11.3 Å². The van der Waals surface area contributed by atoms with Crippen LogP contribution in [0.15, 0.2) is 48.5 Å². The van der Waals surface area contributed by atoms with E-state index < -0.39 is 5.97 Å². The number of esters is 1. The van der Waals surface area contributed by atoms with Gasteiger partial charge in [0.1, 0.15) is 11.4 Å². The molecule has 0 N–H and O–H groups in total. The highest BCUT2D eigenvalue weighted by atomic mass is 16.5. The van der Waals surface area contributed by atoms with E-state index in [9.17, 15) is 9.59 Å². The van der Waals surface area contributed by atoms with Crippen LogP contribution in [-0.2, 0) is 17.8 Å². The molecule has 4 aliphatic carbocycles. The molecule has 8 rings (SSSR count). The van der Waals surface area contributed by atoms with E-state index in [0.717, 1.165) is 35.2 Å². The van der Waals surface area contributed by atoms with E-state index in [2.05, 4.69) is 22.3 Å². The number of ether oxygens (including phenoxy) is 1. The highest BCUT2D eigenvalue weighted by Crippen LogP contribution is 2.98. The number of para-hydroxylation sites is 1. The van der Waals surface area contributed by atoms with Crippen molar-refractivity contribution >= 4 is 11.9 Å². The Morgan fingerprint density at radius 1 is 1.00 bits per heavy atom. The second-order valence-electron chi connectivity index (χ2n) is 10.2. The summed E-state index contributed by atoms with van der Waals surface area (Å²) >= 11 is 0. The fourth-order valence-corrected chi connectivity index (χ4v) is 6.74. The third-order valence-corrected chi connectivity index (χ3v) is 8.47. The lowest BCUT2D eigenvalue weighted by Gasteiger charge is -2.11. The average molecular weight is 495 g/mol. The normalized spacial score (nSPS) is 23.9. The van der Waals surface area contributed by atoms with Gasteiger partial charge in [-0.1, -0.05) is 50.2 Å². The van der Waals surface area contributed by atoms with Crippen molar-refractivity contribution in [3.05, 3.63) is 76.5 Å². The quantitative estimate of drug-likeness (QED) is 0.283. The minimum Gasteiger partial charge on any atom is -0.426 e. The third kappa shape index (κ3) is 2.97. The lowest BCUT2D eigenvalue weighted by molar-refractivity contribution is -0.131. The van der Waals surface area contributed by atoms with Gasteiger partial charge in [0.05, 0.1) is 12.2 Å². The molecule has 4 aliphatic rings. The summed E-state index contributed by atoms with van der Waals surface area (Å²) in [6, 6.07) is 14.9. The van der Waals surface area contributed by atoms with E-state index in [0.29, 0.717) is 46.0 Å². The molecule has 9 heteroatoms. The number of nitrogens with zero attached hydrogens (tertiary/aromatic N) is 6. The van der Waals surface area contributed by atoms with Crippen LogP contribution in [0.4, 0.5) is 0 Å². The summed E-state index contributed by atoms with van der Waals surface area (Å²) in [5.74, 6) is 1.80. The number of carbonyl (C=O) groups is 2. The number of benzene rings is 2. The first-order valence-electron chi connectivity index (χ1n) is 12.8. The standard InChI is InChI=1S/C28H26N6O3/c1-4-16-10-6-8-12-18(16)27(36)34-25(20-21-22-23(24(20)30-34)28(21,22)5-2)26-29-32-33(31-26)14-17-11-7-9-13-19(17)37-15(3)35/h6-13,21-23H,4-5,14H2,1-3H3. The Balaban J connectivity index is 1.29. The number of rotatable bonds is 7. The second kappa shape index (κ2) is 7.68. The number of hydrogen-bond acceptors (Lipinski definition) is 7. The molecule has 9 nitrogen and oxygen atoms in total. The molecular formula is C28H26N6O3. The Labute approximate surface area is 213 Å². The lowest BCUT2D eigenvalue weighted by atomic mass is 10.00. The largest absolute Gasteiger partial charge is 0.426 e. The Kier molecular flexibility index (Phi) is 4.58. The van der Waals surface area contributed by atoms with Gasteiger partial charge in [-0.25, -0.2) is 0 Å². The highest BCUT2D eigenvalue weighted by molar-refractivity contribution is 5.99. The molecule has 37 heavy (non-hydrogen) atoms. The molecule has 186 valence electrons. The van der Waals surface area contributed by atoms with E-state index in [1.807, 2.05) is 49.4 Å². The molecule has 0 aliphatic heterocycles. The zero-order chi connectivity index (χ0) is 25.5. The van der Waals surface area contributed by atoms with E-state index in [1.54, 1.807) is 6.07 Å². The van der Waals surface area contributed by atoms with Crippen LogP contribution >= 0.6 is 0 Å². The molecule has 0 radical (unpaired) electrons. The minimum atomic E-state index is -0.392. The zero-order valence-corrected chi connectivity index (χ0v) is 20.9. The topological polar surface area (TPSA) is 105 Å². The van der Waals surface area contributed by atoms with E-state index in [4.69, 9.17) is 9.84 Å². The van der Waals surface area contributed by atoms with Crippen LogP contribution in [0.3, 0.4) is 0 Å². The predicted molar refractivity (Wildman–Crippen MR) is 133 cm³/mol. The van der Waals surface area contributed by atoms with Crippen molar-refractivity contribution in [3.63, 3.8) is 0 Å². The maximum atomic E-state index is 13.8. The number of tetrazole rings is 1. The first kappa shape index (κ1) is 22.1. The molecule has 0 spiro atoms. The van der Waals surface area contributed by atoms with Crippen molar-refractivity contribution in [1.82, 2.24) is 30.0 Å². The summed E-state index contributed by atoms with van der Waals surface area (Å²) in [5.41, 5.74) is 5.52. The molecule has 0 saturated heterocycles. The van der Waals surface area contributed by atoms with Crippen LogP contribution in [0.2, 0.25) is 0 Å². The summed E-state index contributed by atoms with van der Waals surface area (Å²) < 4.78 is 6.85. The van der Waals surface area contributed by atoms with Crippen molar-refractivity contribution < 1.29 is 14.3 Å². The van der Waals surface area contributed by atoms with Crippen molar-refractivity contribution in [2.24, 2.45) is 11.3 Å². The monoisotopic (exact) mass is 494 g/mol. The zero-order valence-electron chi connectivity index (χ0n) is 20.9. The molecule has 2 saturated carbocycles. The minimum absolute atomic E-state index is 0.168. The summed E-state index contributed by atoms with van der Waals surface area (Å²) in [4.78, 5) is 26.8. The third-order valence-electron chi connectivity index (χ3n) is 8.47. The van der Waals surface area contributed by atoms with Crippen molar-refractivity contribution in [2.45, 2.75) is 52.0 Å². The van der Waals surface area contributed by atoms with Crippen LogP contribution < -0.4 is 4.74 Å². The number of carbonyl (C=O) groups excluding carboxylic acids is 2. The summed E-state index contributed by atoms with van der Waals surface area (Å²) in [5, 5.41) is 18.2. The van der Waals surface area contributed by atoms with Gasteiger partial charge in [-0.05, 0) is 53.0 Å². The summed E-state index contributed by atoms with van der Waals surface area (Å²) in [6.07, 6.45) is 1.86. The van der Waals surface area contributed by atoms with E-state index in [-0.39, 0.29) is 12.5 Å². The number of aromatic nitrogens is 6. The van der Waals surface area contributed by atoms with Crippen LogP contribution in [0.5, 0.6) is 5.75 Å². The lowest BCUT2D eigenvalue weighted by Crippen LogP contribution is -2.18. The van der Waals surface area contributed by atoms with Gasteiger partial charge in [0.25, 0.3) is 5.91 Å². The molecular weight excluding hydrogens is 468 g/mol. The summed E-state index contributed by atoms with van der Waals surface area (Å²) in [6.45, 7) is 5.92. The molecule has 2 fully saturated rings. The van der Waals surface area contributed by atoms with Gasteiger partial charge >= 0.3 is 5.97 Å². The molecule has 0 amide bonds. The second-order valence-corrected chi connectivity index (χ2v) is 10.2. The van der Waals surface area contributed by atoms with Crippen LogP contribution in [0.25, 0.3) is 11.5 Å². The van der Waals surface area contributed by atoms with E-state index >= 15 is 0 Å². The fourth-order valence-electron chi connectivity index (χ4n) is 6.74. The molecule has 4 atom stereocenters. The fraction of sp³-hybridized carbons (Fsp3) is 0.357. The predicted octanol–water partition coefficient (Wildman–Crippen LogP) is 3.98. The van der Waals surface area contributed by atoms with Crippen molar-refractivity contribution in [2.75, 3.05) is 0 Å². The Bertz CT molecular complexity index is 1600. The van der Waals surface area contributed by atoms with Gasteiger partial charge in [0.15, 0.2) is 0 Å². The van der Waals surface area contributed by atoms with Gasteiger partial charge in [0.2, 0.25) is 5.82 Å². The Hall–Kier alpha value is -4.14. The molecule has 2 heterocycles. The first-order chi connectivity index (χ1) is 18.0. The number of hydrogen-bond donors (Lipinski definition) is 0. The molecule has 2 bridgehead atoms. The highest BCUT2D eigenvalue weighted by Gasteiger charge is 2.91. The van der Waals surface area contributed by atoms with Gasteiger partial charge < -0.3 is 4.74 Å². The van der Waals surface area contributed by atoms with Gasteiger partial charge in [-0.2, -0.15) is 14.6 Å². The Morgan fingerprint density at radius 3 is 2.49 bits per heavy atom. The SMILES string of the molecule is CCc1ccccc1C(=O)n1nc2c(c1-c1nnn(Cc3ccccc3OC(C)=O)n1)C1C3C2C13CC. The van der Waals surface area contributed by atoms with Crippen LogP contribution in [-0.4, -0.2) is 41.9 Å². The molecule has 2 aromatic heterocycles. The van der Waals surface area contributed by atoms with Gasteiger partial charge in [-0.15, -0.1) is 10.2 Å². The molecule has 4 unspecified atom stereocenters. The Morgan fingerprint density at radius 2 is 1.76 bits per heavy atom. The average Bonchev–Trinajstić information content (AvgIpc) is 3.35. The summed E-state index contributed by atoms with van der Waals surface area (Å²) in [7, 11) is 0. The van der Waals surface area contributed by atoms with E-state index in [1.165, 1.54) is 16.4 Å². The molecule has 2 aromatic carbocycles. The van der Waals surface area contributed by atoms with Crippen molar-refractivity contribution in [1.29, 1.82) is 0 Å². The van der Waals surface area contributed by atoms with Gasteiger partial charge in [-0.3, -0.25) is 9.59 Å². The van der Waals surface area contributed by atoms with Gasteiger partial charge in [0, 0.05) is 29.5 Å².